The first-order chi connectivity index (χ1) is 14.2. The number of hydrogen-bond acceptors (Lipinski definition) is 5. The van der Waals surface area contributed by atoms with Crippen molar-refractivity contribution in [3.63, 3.8) is 0 Å². The van der Waals surface area contributed by atoms with Crippen LogP contribution in [0.1, 0.15) is 38.5 Å². The van der Waals surface area contributed by atoms with Crippen molar-refractivity contribution in [2.24, 2.45) is 5.92 Å². The Bertz CT molecular complexity index is 657. The fourth-order valence-corrected chi connectivity index (χ4v) is 4.11. The zero-order chi connectivity index (χ0) is 20.1. The Labute approximate surface area is 172 Å². The van der Waals surface area contributed by atoms with Crippen LogP contribution in [0, 0.1) is 5.92 Å². The lowest BCUT2D eigenvalue weighted by atomic mass is 9.90. The number of carbonyl (C=O) groups is 1. The number of rotatable bonds is 10. The van der Waals surface area contributed by atoms with Gasteiger partial charge in [-0.25, -0.2) is 4.79 Å². The molecule has 2 saturated carbocycles. The fourth-order valence-electron chi connectivity index (χ4n) is 4.11. The number of amides is 2. The van der Waals surface area contributed by atoms with Crippen LogP contribution in [0.15, 0.2) is 24.3 Å². The molecule has 3 fully saturated rings. The van der Waals surface area contributed by atoms with Crippen molar-refractivity contribution in [3.8, 4) is 11.5 Å². The van der Waals surface area contributed by atoms with Gasteiger partial charge in [0.2, 0.25) is 0 Å². The first-order valence-corrected chi connectivity index (χ1v) is 11.0. The van der Waals surface area contributed by atoms with Gasteiger partial charge in [0.15, 0.2) is 0 Å². The van der Waals surface area contributed by atoms with Crippen LogP contribution in [0.5, 0.6) is 11.5 Å². The van der Waals surface area contributed by atoms with Gasteiger partial charge in [-0.2, -0.15) is 0 Å². The predicted molar refractivity (Wildman–Crippen MR) is 110 cm³/mol. The van der Waals surface area contributed by atoms with Gasteiger partial charge in [-0.05, 0) is 68.7 Å². The summed E-state index contributed by atoms with van der Waals surface area (Å²) in [4.78, 5) is 13.8. The molecule has 0 aromatic heterocycles. The molecule has 3 aliphatic rings. The van der Waals surface area contributed by atoms with Crippen molar-refractivity contribution in [3.05, 3.63) is 24.3 Å². The van der Waals surface area contributed by atoms with Crippen LogP contribution in [0.2, 0.25) is 0 Å². The van der Waals surface area contributed by atoms with Crippen LogP contribution in [0.3, 0.4) is 0 Å². The molecule has 4 rings (SSSR count). The molecule has 7 heteroatoms. The van der Waals surface area contributed by atoms with Crippen LogP contribution < -0.4 is 20.1 Å². The van der Waals surface area contributed by atoms with Crippen molar-refractivity contribution in [1.29, 1.82) is 0 Å². The van der Waals surface area contributed by atoms with E-state index in [1.807, 2.05) is 29.2 Å². The molecule has 160 valence electrons. The average Bonchev–Trinajstić information content (AvgIpc) is 3.49. The number of benzene rings is 1. The molecule has 1 heterocycles. The number of carbonyl (C=O) groups excluding carboxylic acids is 1. The van der Waals surface area contributed by atoms with E-state index in [0.717, 1.165) is 62.8 Å². The summed E-state index contributed by atoms with van der Waals surface area (Å²) in [5, 5.41) is 16.6. The van der Waals surface area contributed by atoms with Gasteiger partial charge in [-0.1, -0.05) is 0 Å². The molecule has 0 spiro atoms. The minimum absolute atomic E-state index is 0.0801. The molecule has 1 aliphatic heterocycles. The summed E-state index contributed by atoms with van der Waals surface area (Å²) in [6.45, 7) is 3.17. The van der Waals surface area contributed by atoms with Gasteiger partial charge >= 0.3 is 6.03 Å². The smallest absolute Gasteiger partial charge is 0.317 e. The molecular weight excluding hydrogens is 370 g/mol. The summed E-state index contributed by atoms with van der Waals surface area (Å²) >= 11 is 0. The molecule has 0 radical (unpaired) electrons. The molecule has 2 amide bonds. The zero-order valence-corrected chi connectivity index (χ0v) is 17.0. The molecule has 3 N–H and O–H groups in total. The van der Waals surface area contributed by atoms with Gasteiger partial charge in [-0.3, -0.25) is 0 Å². The Morgan fingerprint density at radius 1 is 1.07 bits per heavy atom. The van der Waals surface area contributed by atoms with Crippen LogP contribution in [-0.4, -0.2) is 67.1 Å². The van der Waals surface area contributed by atoms with E-state index in [-0.39, 0.29) is 12.6 Å². The summed E-state index contributed by atoms with van der Waals surface area (Å²) in [5.41, 5.74) is 0. The number of nitrogens with zero attached hydrogens (tertiary/aromatic N) is 1. The van der Waals surface area contributed by atoms with E-state index in [0.29, 0.717) is 18.6 Å². The number of aliphatic hydroxyl groups excluding tert-OH is 1. The summed E-state index contributed by atoms with van der Waals surface area (Å²) in [5.74, 6) is 2.35. The van der Waals surface area contributed by atoms with Gasteiger partial charge in [-0.15, -0.1) is 0 Å². The number of ether oxygens (including phenoxy) is 2. The highest BCUT2D eigenvalue weighted by Crippen LogP contribution is 2.30. The van der Waals surface area contributed by atoms with Gasteiger partial charge in [0.1, 0.15) is 24.2 Å². The summed E-state index contributed by atoms with van der Waals surface area (Å²) in [7, 11) is 0. The Hall–Kier alpha value is -1.99. The van der Waals surface area contributed by atoms with E-state index >= 15 is 0 Å². The van der Waals surface area contributed by atoms with Gasteiger partial charge in [0.25, 0.3) is 0 Å². The highest BCUT2D eigenvalue weighted by molar-refractivity contribution is 5.76. The van der Waals surface area contributed by atoms with E-state index in [1.54, 1.807) is 0 Å². The Balaban J connectivity index is 1.10. The highest BCUT2D eigenvalue weighted by Gasteiger charge is 2.31. The second kappa shape index (κ2) is 9.67. The standard InChI is InChI=1S/C22H33N3O4/c26-19(15-29-21-9-7-20(8-10-21)28-14-16-1-2-16)13-24-17-3-5-18(6-4-17)25-12-11-23-22(25)27/h7-10,16-19,24,26H,1-6,11-15H2,(H,23,27). The Morgan fingerprint density at radius 2 is 1.76 bits per heavy atom. The molecule has 2 aliphatic carbocycles. The largest absolute Gasteiger partial charge is 0.493 e. The number of nitrogens with one attached hydrogen (secondary N) is 2. The molecule has 1 atom stereocenters. The SMILES string of the molecule is O=C1NCCN1C1CCC(NCC(O)COc2ccc(OCC3CC3)cc2)CC1. The normalized spacial score (nSPS) is 25.6. The van der Waals surface area contributed by atoms with Gasteiger partial charge in [0, 0.05) is 31.7 Å². The van der Waals surface area contributed by atoms with Crippen molar-refractivity contribution < 1.29 is 19.4 Å². The van der Waals surface area contributed by atoms with E-state index in [2.05, 4.69) is 10.6 Å². The average molecular weight is 404 g/mol. The summed E-state index contributed by atoms with van der Waals surface area (Å²) < 4.78 is 11.4. The molecule has 7 nitrogen and oxygen atoms in total. The van der Waals surface area contributed by atoms with Crippen molar-refractivity contribution in [1.82, 2.24) is 15.5 Å². The van der Waals surface area contributed by atoms with Crippen LogP contribution in [0.4, 0.5) is 4.79 Å². The van der Waals surface area contributed by atoms with Crippen molar-refractivity contribution in [2.75, 3.05) is 32.8 Å². The number of hydrogen-bond donors (Lipinski definition) is 3. The van der Waals surface area contributed by atoms with Crippen molar-refractivity contribution in [2.45, 2.75) is 56.7 Å². The van der Waals surface area contributed by atoms with E-state index in [9.17, 15) is 9.90 Å². The Kier molecular flexibility index (Phi) is 6.77. The molecule has 1 unspecified atom stereocenters. The lowest BCUT2D eigenvalue weighted by Gasteiger charge is -2.34. The zero-order valence-electron chi connectivity index (χ0n) is 17.0. The summed E-state index contributed by atoms with van der Waals surface area (Å²) in [6, 6.07) is 8.45. The third-order valence-corrected chi connectivity index (χ3v) is 6.12. The molecular formula is C22H33N3O4. The first kappa shape index (κ1) is 20.3. The second-order valence-electron chi connectivity index (χ2n) is 8.53. The maximum absolute atomic E-state index is 11.8. The quantitative estimate of drug-likeness (QED) is 0.558. The molecule has 29 heavy (non-hydrogen) atoms. The lowest BCUT2D eigenvalue weighted by molar-refractivity contribution is 0.0993. The third kappa shape index (κ3) is 6.00. The van der Waals surface area contributed by atoms with E-state index in [4.69, 9.17) is 9.47 Å². The monoisotopic (exact) mass is 403 g/mol. The molecule has 0 bridgehead atoms. The molecule has 1 aromatic carbocycles. The first-order valence-electron chi connectivity index (χ1n) is 11.0. The fraction of sp³-hybridized carbons (Fsp3) is 0.682. The lowest BCUT2D eigenvalue weighted by Crippen LogP contribution is -2.45. The minimum atomic E-state index is -0.553. The maximum Gasteiger partial charge on any atom is 0.317 e. The minimum Gasteiger partial charge on any atom is -0.493 e. The third-order valence-electron chi connectivity index (χ3n) is 6.12. The molecule has 1 saturated heterocycles. The summed E-state index contributed by atoms with van der Waals surface area (Å²) in [6.07, 6.45) is 6.12. The van der Waals surface area contributed by atoms with Gasteiger partial charge < -0.3 is 30.1 Å². The van der Waals surface area contributed by atoms with E-state index in [1.165, 1.54) is 12.8 Å². The topological polar surface area (TPSA) is 83.1 Å². The van der Waals surface area contributed by atoms with Crippen LogP contribution in [-0.2, 0) is 0 Å². The maximum atomic E-state index is 11.8. The number of urea groups is 1. The van der Waals surface area contributed by atoms with Crippen LogP contribution in [0.25, 0.3) is 0 Å². The number of aliphatic hydroxyl groups is 1. The second-order valence-corrected chi connectivity index (χ2v) is 8.53. The van der Waals surface area contributed by atoms with E-state index < -0.39 is 6.10 Å². The predicted octanol–water partition coefficient (Wildman–Crippen LogP) is 2.14. The van der Waals surface area contributed by atoms with Crippen molar-refractivity contribution >= 4 is 6.03 Å². The highest BCUT2D eigenvalue weighted by atomic mass is 16.5. The van der Waals surface area contributed by atoms with Crippen LogP contribution >= 0.6 is 0 Å². The van der Waals surface area contributed by atoms with Gasteiger partial charge in [0.05, 0.1) is 6.61 Å². The Morgan fingerprint density at radius 3 is 2.38 bits per heavy atom. The molecule has 1 aromatic rings.